The summed E-state index contributed by atoms with van der Waals surface area (Å²) in [5.41, 5.74) is 0.691. The van der Waals surface area contributed by atoms with Crippen LogP contribution in [-0.2, 0) is 4.74 Å². The maximum absolute atomic E-state index is 12.4. The zero-order valence-electron chi connectivity index (χ0n) is 11.1. The first kappa shape index (κ1) is 12.9. The van der Waals surface area contributed by atoms with Crippen LogP contribution in [0.1, 0.15) is 24.2 Å². The van der Waals surface area contributed by atoms with Gasteiger partial charge in [0.1, 0.15) is 5.75 Å². The Morgan fingerprint density at radius 3 is 2.28 bits per heavy atom. The Morgan fingerprint density at radius 1 is 1.22 bits per heavy atom. The van der Waals surface area contributed by atoms with Crippen molar-refractivity contribution in [2.45, 2.75) is 25.9 Å². The first-order valence-corrected chi connectivity index (χ1v) is 6.18. The standard InChI is InChI=1S/C14H19NO3/c1-10-8-18-9-11(2)15(10)14(16)12-4-6-13(17-3)7-5-12/h4-7,10-11H,8-9H2,1-3H3. The fourth-order valence-electron chi connectivity index (χ4n) is 2.29. The Kier molecular flexibility index (Phi) is 3.87. The molecule has 2 atom stereocenters. The third kappa shape index (κ3) is 2.48. The molecule has 0 radical (unpaired) electrons. The third-order valence-electron chi connectivity index (χ3n) is 3.24. The zero-order chi connectivity index (χ0) is 13.1. The molecule has 0 spiro atoms. The Morgan fingerprint density at radius 2 is 1.78 bits per heavy atom. The van der Waals surface area contributed by atoms with Gasteiger partial charge < -0.3 is 14.4 Å². The topological polar surface area (TPSA) is 38.8 Å². The number of carbonyl (C=O) groups is 1. The van der Waals surface area contributed by atoms with Gasteiger partial charge in [-0.15, -0.1) is 0 Å². The lowest BCUT2D eigenvalue weighted by Gasteiger charge is -2.38. The Balaban J connectivity index is 2.18. The van der Waals surface area contributed by atoms with Crippen LogP contribution in [0.15, 0.2) is 24.3 Å². The lowest BCUT2D eigenvalue weighted by molar-refractivity contribution is -0.0249. The van der Waals surface area contributed by atoms with Gasteiger partial charge in [-0.3, -0.25) is 4.79 Å². The number of amides is 1. The molecule has 98 valence electrons. The van der Waals surface area contributed by atoms with Gasteiger partial charge in [0.15, 0.2) is 0 Å². The van der Waals surface area contributed by atoms with Crippen molar-refractivity contribution in [2.75, 3.05) is 20.3 Å². The van der Waals surface area contributed by atoms with E-state index in [0.29, 0.717) is 18.8 Å². The minimum Gasteiger partial charge on any atom is -0.497 e. The molecular weight excluding hydrogens is 230 g/mol. The largest absolute Gasteiger partial charge is 0.497 e. The van der Waals surface area contributed by atoms with Gasteiger partial charge in [0, 0.05) is 5.56 Å². The van der Waals surface area contributed by atoms with Crippen LogP contribution in [0.3, 0.4) is 0 Å². The number of methoxy groups -OCH3 is 1. The summed E-state index contributed by atoms with van der Waals surface area (Å²) in [5.74, 6) is 0.815. The molecule has 1 aromatic rings. The minimum absolute atomic E-state index is 0.0564. The first-order valence-electron chi connectivity index (χ1n) is 6.18. The molecule has 0 aromatic heterocycles. The summed E-state index contributed by atoms with van der Waals surface area (Å²) < 4.78 is 10.5. The number of morpholine rings is 1. The van der Waals surface area contributed by atoms with Crippen LogP contribution in [0.2, 0.25) is 0 Å². The van der Waals surface area contributed by atoms with Crippen molar-refractivity contribution in [3.8, 4) is 5.75 Å². The van der Waals surface area contributed by atoms with Crippen LogP contribution in [0, 0.1) is 0 Å². The first-order chi connectivity index (χ1) is 8.63. The van der Waals surface area contributed by atoms with Gasteiger partial charge in [-0.2, -0.15) is 0 Å². The average Bonchev–Trinajstić information content (AvgIpc) is 2.38. The van der Waals surface area contributed by atoms with E-state index in [1.807, 2.05) is 30.9 Å². The Labute approximate surface area is 107 Å². The number of rotatable bonds is 2. The normalized spacial score (nSPS) is 23.8. The molecule has 18 heavy (non-hydrogen) atoms. The van der Waals surface area contributed by atoms with Crippen molar-refractivity contribution in [3.05, 3.63) is 29.8 Å². The van der Waals surface area contributed by atoms with Gasteiger partial charge in [-0.05, 0) is 38.1 Å². The number of carbonyl (C=O) groups excluding carboxylic acids is 1. The maximum atomic E-state index is 12.4. The van der Waals surface area contributed by atoms with Crippen molar-refractivity contribution in [3.63, 3.8) is 0 Å². The van der Waals surface area contributed by atoms with Crippen LogP contribution >= 0.6 is 0 Å². The van der Waals surface area contributed by atoms with Crippen molar-refractivity contribution < 1.29 is 14.3 Å². The van der Waals surface area contributed by atoms with Crippen molar-refractivity contribution in [1.82, 2.24) is 4.90 Å². The second kappa shape index (κ2) is 5.40. The summed E-state index contributed by atoms with van der Waals surface area (Å²) in [6.45, 7) is 5.23. The quantitative estimate of drug-likeness (QED) is 0.804. The number of ether oxygens (including phenoxy) is 2. The molecule has 4 nitrogen and oxygen atoms in total. The summed E-state index contributed by atoms with van der Waals surface area (Å²) in [6, 6.07) is 7.45. The number of benzene rings is 1. The molecule has 1 fully saturated rings. The van der Waals surface area contributed by atoms with E-state index in [4.69, 9.17) is 9.47 Å². The highest BCUT2D eigenvalue weighted by molar-refractivity contribution is 5.94. The van der Waals surface area contributed by atoms with Crippen LogP contribution < -0.4 is 4.74 Å². The molecule has 1 amide bonds. The monoisotopic (exact) mass is 249 g/mol. The van der Waals surface area contributed by atoms with Gasteiger partial charge in [0.2, 0.25) is 0 Å². The second-order valence-corrected chi connectivity index (χ2v) is 4.68. The molecular formula is C14H19NO3. The molecule has 2 unspecified atom stereocenters. The van der Waals surface area contributed by atoms with Crippen LogP contribution in [0.25, 0.3) is 0 Å². The van der Waals surface area contributed by atoms with Crippen LogP contribution in [0.5, 0.6) is 5.75 Å². The van der Waals surface area contributed by atoms with Gasteiger partial charge in [0.05, 0.1) is 32.4 Å². The number of hydrogen-bond acceptors (Lipinski definition) is 3. The highest BCUT2D eigenvalue weighted by Crippen LogP contribution is 2.19. The maximum Gasteiger partial charge on any atom is 0.254 e. The van der Waals surface area contributed by atoms with Crippen molar-refractivity contribution >= 4 is 5.91 Å². The van der Waals surface area contributed by atoms with E-state index in [2.05, 4.69) is 0 Å². The highest BCUT2D eigenvalue weighted by atomic mass is 16.5. The molecule has 0 N–H and O–H groups in total. The lowest BCUT2D eigenvalue weighted by atomic mass is 10.1. The highest BCUT2D eigenvalue weighted by Gasteiger charge is 2.30. The van der Waals surface area contributed by atoms with E-state index in [-0.39, 0.29) is 18.0 Å². The molecule has 1 aliphatic rings. The zero-order valence-corrected chi connectivity index (χ0v) is 11.1. The fourth-order valence-corrected chi connectivity index (χ4v) is 2.29. The predicted molar refractivity (Wildman–Crippen MR) is 68.9 cm³/mol. The van der Waals surface area contributed by atoms with E-state index in [1.54, 1.807) is 19.2 Å². The molecule has 1 aliphatic heterocycles. The smallest absolute Gasteiger partial charge is 0.254 e. The summed E-state index contributed by atoms with van der Waals surface area (Å²) >= 11 is 0. The van der Waals surface area contributed by atoms with Crippen molar-refractivity contribution in [2.24, 2.45) is 0 Å². The molecule has 2 rings (SSSR count). The lowest BCUT2D eigenvalue weighted by Crippen LogP contribution is -2.52. The van der Waals surface area contributed by atoms with Crippen molar-refractivity contribution in [1.29, 1.82) is 0 Å². The fraction of sp³-hybridized carbons (Fsp3) is 0.500. The summed E-state index contributed by atoms with van der Waals surface area (Å²) in [5, 5.41) is 0. The van der Waals surface area contributed by atoms with Gasteiger partial charge in [0.25, 0.3) is 5.91 Å². The molecule has 4 heteroatoms. The molecule has 0 aliphatic carbocycles. The predicted octanol–water partition coefficient (Wildman–Crippen LogP) is 1.94. The summed E-state index contributed by atoms with van der Waals surface area (Å²) in [7, 11) is 1.61. The molecule has 1 heterocycles. The SMILES string of the molecule is COc1ccc(C(=O)N2C(C)COCC2C)cc1. The average molecular weight is 249 g/mol. The number of nitrogens with zero attached hydrogens (tertiary/aromatic N) is 1. The van der Waals surface area contributed by atoms with Gasteiger partial charge in [-0.25, -0.2) is 0 Å². The Hall–Kier alpha value is -1.55. The van der Waals surface area contributed by atoms with Crippen LogP contribution in [-0.4, -0.2) is 43.2 Å². The summed E-state index contributed by atoms with van der Waals surface area (Å²) in [4.78, 5) is 14.3. The van der Waals surface area contributed by atoms with E-state index in [0.717, 1.165) is 5.75 Å². The Bertz CT molecular complexity index is 406. The van der Waals surface area contributed by atoms with Gasteiger partial charge in [-0.1, -0.05) is 0 Å². The third-order valence-corrected chi connectivity index (χ3v) is 3.24. The second-order valence-electron chi connectivity index (χ2n) is 4.68. The van der Waals surface area contributed by atoms with E-state index in [1.165, 1.54) is 0 Å². The summed E-state index contributed by atoms with van der Waals surface area (Å²) in [6.07, 6.45) is 0. The van der Waals surface area contributed by atoms with E-state index in [9.17, 15) is 4.79 Å². The number of hydrogen-bond donors (Lipinski definition) is 0. The van der Waals surface area contributed by atoms with Crippen LogP contribution in [0.4, 0.5) is 0 Å². The molecule has 0 saturated carbocycles. The van der Waals surface area contributed by atoms with E-state index < -0.39 is 0 Å². The molecule has 0 bridgehead atoms. The molecule has 1 saturated heterocycles. The minimum atomic E-state index is 0.0564. The van der Waals surface area contributed by atoms with Gasteiger partial charge >= 0.3 is 0 Å². The van der Waals surface area contributed by atoms with E-state index >= 15 is 0 Å². The molecule has 1 aromatic carbocycles.